The number of aromatic nitrogens is 2. The Balaban J connectivity index is 2.25. The summed E-state index contributed by atoms with van der Waals surface area (Å²) in [7, 11) is 0. The number of hydrogen-bond acceptors (Lipinski definition) is 4. The smallest absolute Gasteiger partial charge is 0.153 e. The number of ether oxygens (including phenoxy) is 1. The van der Waals surface area contributed by atoms with E-state index in [-0.39, 0.29) is 6.10 Å². The SMILES string of the molecule is CC(C)OCCNc1cnnc(Cl)c1. The Morgan fingerprint density at radius 1 is 1.57 bits per heavy atom. The summed E-state index contributed by atoms with van der Waals surface area (Å²) in [6.07, 6.45) is 1.89. The zero-order chi connectivity index (χ0) is 10.4. The molecule has 0 radical (unpaired) electrons. The van der Waals surface area contributed by atoms with Gasteiger partial charge in [-0.1, -0.05) is 11.6 Å². The molecule has 0 atom stereocenters. The Morgan fingerprint density at radius 2 is 2.36 bits per heavy atom. The van der Waals surface area contributed by atoms with Crippen molar-refractivity contribution >= 4 is 17.3 Å². The molecule has 4 nitrogen and oxygen atoms in total. The summed E-state index contributed by atoms with van der Waals surface area (Å²) in [4.78, 5) is 0. The van der Waals surface area contributed by atoms with Crippen molar-refractivity contribution in [2.75, 3.05) is 18.5 Å². The van der Waals surface area contributed by atoms with Gasteiger partial charge in [0.15, 0.2) is 5.15 Å². The zero-order valence-corrected chi connectivity index (χ0v) is 9.08. The first-order chi connectivity index (χ1) is 6.68. The molecular formula is C9H14ClN3O. The van der Waals surface area contributed by atoms with E-state index >= 15 is 0 Å². The van der Waals surface area contributed by atoms with E-state index in [0.717, 1.165) is 12.2 Å². The molecular weight excluding hydrogens is 202 g/mol. The van der Waals surface area contributed by atoms with E-state index in [9.17, 15) is 0 Å². The van der Waals surface area contributed by atoms with Crippen LogP contribution in [0.5, 0.6) is 0 Å². The monoisotopic (exact) mass is 215 g/mol. The number of nitrogens with one attached hydrogen (secondary N) is 1. The lowest BCUT2D eigenvalue weighted by Gasteiger charge is -2.08. The molecule has 0 aliphatic carbocycles. The minimum atomic E-state index is 0.260. The van der Waals surface area contributed by atoms with E-state index in [2.05, 4.69) is 15.5 Å². The van der Waals surface area contributed by atoms with Gasteiger partial charge in [0.2, 0.25) is 0 Å². The lowest BCUT2D eigenvalue weighted by Crippen LogP contribution is -2.13. The lowest BCUT2D eigenvalue weighted by molar-refractivity contribution is 0.0870. The summed E-state index contributed by atoms with van der Waals surface area (Å²) in [5.74, 6) is 0. The summed E-state index contributed by atoms with van der Waals surface area (Å²) in [5, 5.41) is 10.9. The molecule has 0 aliphatic heterocycles. The summed E-state index contributed by atoms with van der Waals surface area (Å²) in [6.45, 7) is 5.41. The van der Waals surface area contributed by atoms with Crippen LogP contribution in [0.3, 0.4) is 0 Å². The highest BCUT2D eigenvalue weighted by atomic mass is 35.5. The molecule has 0 bridgehead atoms. The second-order valence-corrected chi connectivity index (χ2v) is 3.50. The van der Waals surface area contributed by atoms with Crippen LogP contribution >= 0.6 is 11.6 Å². The zero-order valence-electron chi connectivity index (χ0n) is 8.33. The maximum atomic E-state index is 5.66. The Morgan fingerprint density at radius 3 is 3.00 bits per heavy atom. The summed E-state index contributed by atoms with van der Waals surface area (Å²) >= 11 is 5.66. The highest BCUT2D eigenvalue weighted by Crippen LogP contribution is 2.09. The van der Waals surface area contributed by atoms with Gasteiger partial charge < -0.3 is 10.1 Å². The van der Waals surface area contributed by atoms with Gasteiger partial charge in [0.1, 0.15) is 0 Å². The molecule has 1 rings (SSSR count). The molecule has 1 heterocycles. The van der Waals surface area contributed by atoms with Crippen LogP contribution in [0, 0.1) is 0 Å². The molecule has 78 valence electrons. The van der Waals surface area contributed by atoms with Crippen LogP contribution in [0.1, 0.15) is 13.8 Å². The lowest BCUT2D eigenvalue weighted by atomic mass is 10.4. The molecule has 1 aromatic heterocycles. The first kappa shape index (κ1) is 11.2. The molecule has 0 saturated carbocycles. The molecule has 0 saturated heterocycles. The summed E-state index contributed by atoms with van der Waals surface area (Å²) in [6, 6.07) is 1.73. The van der Waals surface area contributed by atoms with Gasteiger partial charge in [-0.15, -0.1) is 5.10 Å². The molecule has 1 aromatic rings. The fourth-order valence-electron chi connectivity index (χ4n) is 0.927. The third kappa shape index (κ3) is 4.39. The van der Waals surface area contributed by atoms with E-state index in [4.69, 9.17) is 16.3 Å². The van der Waals surface area contributed by atoms with Gasteiger partial charge in [0, 0.05) is 12.6 Å². The Bertz CT molecular complexity index is 281. The molecule has 0 fully saturated rings. The fourth-order valence-corrected chi connectivity index (χ4v) is 1.09. The maximum absolute atomic E-state index is 5.66. The summed E-state index contributed by atoms with van der Waals surface area (Å²) in [5.41, 5.74) is 0.859. The van der Waals surface area contributed by atoms with Gasteiger partial charge in [-0.05, 0) is 13.8 Å². The quantitative estimate of drug-likeness (QED) is 0.763. The standard InChI is InChI=1S/C9H14ClN3O/c1-7(2)14-4-3-11-8-5-9(10)13-12-6-8/h5-7H,3-4H2,1-2H3,(H,11,13). The molecule has 0 aliphatic rings. The van der Waals surface area contributed by atoms with Gasteiger partial charge >= 0.3 is 0 Å². The average Bonchev–Trinajstić information content (AvgIpc) is 2.12. The molecule has 5 heteroatoms. The van der Waals surface area contributed by atoms with Gasteiger partial charge in [-0.25, -0.2) is 0 Å². The molecule has 0 amide bonds. The highest BCUT2D eigenvalue weighted by Gasteiger charge is 1.96. The Hall–Kier alpha value is -0.870. The van der Waals surface area contributed by atoms with Crippen molar-refractivity contribution in [3.63, 3.8) is 0 Å². The number of halogens is 1. The van der Waals surface area contributed by atoms with Crippen LogP contribution < -0.4 is 5.32 Å². The van der Waals surface area contributed by atoms with Crippen LogP contribution in [0.2, 0.25) is 5.15 Å². The van der Waals surface area contributed by atoms with Crippen LogP contribution in [0.25, 0.3) is 0 Å². The Kier molecular flexibility index (Phi) is 4.62. The number of rotatable bonds is 5. The minimum absolute atomic E-state index is 0.260. The van der Waals surface area contributed by atoms with E-state index in [1.807, 2.05) is 13.8 Å². The van der Waals surface area contributed by atoms with E-state index < -0.39 is 0 Å². The van der Waals surface area contributed by atoms with Crippen LogP contribution in [-0.2, 0) is 4.74 Å². The van der Waals surface area contributed by atoms with Gasteiger partial charge in [-0.3, -0.25) is 0 Å². The van der Waals surface area contributed by atoms with Gasteiger partial charge in [0.05, 0.1) is 24.6 Å². The normalized spacial score (nSPS) is 10.6. The van der Waals surface area contributed by atoms with Crippen molar-refractivity contribution in [3.05, 3.63) is 17.4 Å². The van der Waals surface area contributed by atoms with Crippen molar-refractivity contribution in [1.29, 1.82) is 0 Å². The van der Waals surface area contributed by atoms with Crippen LogP contribution in [0.4, 0.5) is 5.69 Å². The van der Waals surface area contributed by atoms with Crippen molar-refractivity contribution in [2.24, 2.45) is 0 Å². The third-order valence-corrected chi connectivity index (χ3v) is 1.69. The van der Waals surface area contributed by atoms with Crippen LogP contribution in [-0.4, -0.2) is 29.5 Å². The van der Waals surface area contributed by atoms with Gasteiger partial charge in [0.25, 0.3) is 0 Å². The topological polar surface area (TPSA) is 47.0 Å². The van der Waals surface area contributed by atoms with Crippen molar-refractivity contribution in [3.8, 4) is 0 Å². The third-order valence-electron chi connectivity index (χ3n) is 1.51. The first-order valence-electron chi connectivity index (χ1n) is 4.52. The maximum Gasteiger partial charge on any atom is 0.153 e. The number of hydrogen-bond donors (Lipinski definition) is 1. The first-order valence-corrected chi connectivity index (χ1v) is 4.90. The largest absolute Gasteiger partial charge is 0.381 e. The van der Waals surface area contributed by atoms with Crippen molar-refractivity contribution in [2.45, 2.75) is 20.0 Å². The highest BCUT2D eigenvalue weighted by molar-refractivity contribution is 6.29. The minimum Gasteiger partial charge on any atom is -0.381 e. The predicted molar refractivity (Wildman–Crippen MR) is 56.6 cm³/mol. The predicted octanol–water partition coefficient (Wildman–Crippen LogP) is 1.97. The number of anilines is 1. The molecule has 0 aromatic carbocycles. The van der Waals surface area contributed by atoms with Crippen molar-refractivity contribution in [1.82, 2.24) is 10.2 Å². The van der Waals surface area contributed by atoms with E-state index in [1.165, 1.54) is 0 Å². The average molecular weight is 216 g/mol. The molecule has 0 unspecified atom stereocenters. The molecule has 1 N–H and O–H groups in total. The second kappa shape index (κ2) is 5.78. The number of nitrogens with zero attached hydrogens (tertiary/aromatic N) is 2. The van der Waals surface area contributed by atoms with Gasteiger partial charge in [-0.2, -0.15) is 5.10 Å². The van der Waals surface area contributed by atoms with E-state index in [0.29, 0.717) is 11.8 Å². The second-order valence-electron chi connectivity index (χ2n) is 3.11. The summed E-state index contributed by atoms with van der Waals surface area (Å²) < 4.78 is 5.36. The fraction of sp³-hybridized carbons (Fsp3) is 0.556. The van der Waals surface area contributed by atoms with E-state index in [1.54, 1.807) is 12.3 Å². The Labute approximate surface area is 88.6 Å². The molecule has 14 heavy (non-hydrogen) atoms. The van der Waals surface area contributed by atoms with Crippen LogP contribution in [0.15, 0.2) is 12.3 Å². The molecule has 0 spiro atoms. The van der Waals surface area contributed by atoms with Crippen molar-refractivity contribution < 1.29 is 4.74 Å².